The van der Waals surface area contributed by atoms with Crippen LogP contribution in [0.1, 0.15) is 26.3 Å². The van der Waals surface area contributed by atoms with Crippen molar-refractivity contribution in [1.29, 1.82) is 0 Å². The van der Waals surface area contributed by atoms with Crippen molar-refractivity contribution >= 4 is 23.2 Å². The van der Waals surface area contributed by atoms with E-state index < -0.39 is 0 Å². The Morgan fingerprint density at radius 1 is 1.04 bits per heavy atom. The number of carbonyl (C=O) groups is 1. The maximum atomic E-state index is 12.2. The highest BCUT2D eigenvalue weighted by Gasteiger charge is 2.14. The average molecular weight is 378 g/mol. The van der Waals surface area contributed by atoms with Crippen LogP contribution in [0.3, 0.4) is 0 Å². The normalized spacial score (nSPS) is 11.0. The SMILES string of the molecule is COc1cc(OC)c(NC(=O)COc2ccc(C(C)(C)C)cc2)cc1Cl. The van der Waals surface area contributed by atoms with E-state index in [1.807, 2.05) is 24.3 Å². The third-order valence-corrected chi connectivity index (χ3v) is 4.13. The van der Waals surface area contributed by atoms with Gasteiger partial charge in [-0.2, -0.15) is 0 Å². The van der Waals surface area contributed by atoms with Crippen LogP contribution in [0, 0.1) is 0 Å². The Morgan fingerprint density at radius 2 is 1.65 bits per heavy atom. The molecule has 0 fully saturated rings. The van der Waals surface area contributed by atoms with Crippen molar-refractivity contribution in [2.75, 3.05) is 26.1 Å². The van der Waals surface area contributed by atoms with Gasteiger partial charge in [-0.05, 0) is 29.2 Å². The maximum Gasteiger partial charge on any atom is 0.262 e. The average Bonchev–Trinajstić information content (AvgIpc) is 2.60. The molecule has 0 atom stereocenters. The second-order valence-corrected chi connectivity index (χ2v) is 7.21. The summed E-state index contributed by atoms with van der Waals surface area (Å²) in [5.41, 5.74) is 1.72. The van der Waals surface area contributed by atoms with Crippen molar-refractivity contribution in [3.05, 3.63) is 47.0 Å². The first kappa shape index (κ1) is 19.9. The van der Waals surface area contributed by atoms with Crippen molar-refractivity contribution in [3.8, 4) is 17.2 Å². The van der Waals surface area contributed by atoms with Gasteiger partial charge in [-0.25, -0.2) is 0 Å². The van der Waals surface area contributed by atoms with Crippen LogP contribution >= 0.6 is 11.6 Å². The molecular formula is C20H24ClNO4. The van der Waals surface area contributed by atoms with Crippen LogP contribution in [0.15, 0.2) is 36.4 Å². The Labute approximate surface area is 159 Å². The number of nitrogens with one attached hydrogen (secondary N) is 1. The van der Waals surface area contributed by atoms with Crippen LogP contribution in [0.4, 0.5) is 5.69 Å². The van der Waals surface area contributed by atoms with Gasteiger partial charge in [0.25, 0.3) is 5.91 Å². The standard InChI is InChI=1S/C20H24ClNO4/c1-20(2,3)13-6-8-14(9-7-13)26-12-19(23)22-16-10-15(21)17(24-4)11-18(16)25-5/h6-11H,12H2,1-5H3,(H,22,23). The number of halogens is 1. The van der Waals surface area contributed by atoms with Gasteiger partial charge in [0.1, 0.15) is 17.2 Å². The Morgan fingerprint density at radius 3 is 2.19 bits per heavy atom. The van der Waals surface area contributed by atoms with Gasteiger partial charge >= 0.3 is 0 Å². The van der Waals surface area contributed by atoms with Gasteiger partial charge in [-0.15, -0.1) is 0 Å². The highest BCUT2D eigenvalue weighted by molar-refractivity contribution is 6.32. The predicted molar refractivity (Wildman–Crippen MR) is 104 cm³/mol. The van der Waals surface area contributed by atoms with E-state index >= 15 is 0 Å². The predicted octanol–water partition coefficient (Wildman–Crippen LogP) is 4.67. The summed E-state index contributed by atoms with van der Waals surface area (Å²) in [5.74, 6) is 1.24. The summed E-state index contributed by atoms with van der Waals surface area (Å²) in [5, 5.41) is 3.11. The molecule has 0 aromatic heterocycles. The molecule has 1 N–H and O–H groups in total. The molecule has 6 heteroatoms. The maximum absolute atomic E-state index is 12.2. The fourth-order valence-electron chi connectivity index (χ4n) is 2.34. The van der Waals surface area contributed by atoms with Crippen molar-refractivity contribution in [3.63, 3.8) is 0 Å². The number of hydrogen-bond donors (Lipinski definition) is 1. The van der Waals surface area contributed by atoms with Gasteiger partial charge in [-0.3, -0.25) is 4.79 Å². The fourth-order valence-corrected chi connectivity index (χ4v) is 2.58. The van der Waals surface area contributed by atoms with E-state index in [4.69, 9.17) is 25.8 Å². The molecule has 0 aliphatic heterocycles. The number of anilines is 1. The minimum Gasteiger partial charge on any atom is -0.495 e. The minimum absolute atomic E-state index is 0.0695. The molecular weight excluding hydrogens is 354 g/mol. The van der Waals surface area contributed by atoms with Gasteiger partial charge in [0, 0.05) is 6.07 Å². The molecule has 140 valence electrons. The third kappa shape index (κ3) is 5.05. The van der Waals surface area contributed by atoms with Gasteiger partial charge in [0.2, 0.25) is 0 Å². The van der Waals surface area contributed by atoms with Crippen LogP contribution in [0.2, 0.25) is 5.02 Å². The number of methoxy groups -OCH3 is 2. The molecule has 0 bridgehead atoms. The van der Waals surface area contributed by atoms with Gasteiger partial charge in [-0.1, -0.05) is 44.5 Å². The molecule has 0 unspecified atom stereocenters. The Hall–Kier alpha value is -2.40. The van der Waals surface area contributed by atoms with Crippen molar-refractivity contribution in [1.82, 2.24) is 0 Å². The molecule has 2 rings (SSSR count). The molecule has 0 aliphatic rings. The van der Waals surface area contributed by atoms with Crippen molar-refractivity contribution in [2.24, 2.45) is 0 Å². The smallest absolute Gasteiger partial charge is 0.262 e. The molecule has 0 spiro atoms. The van der Waals surface area contributed by atoms with Crippen LogP contribution in [-0.4, -0.2) is 26.7 Å². The van der Waals surface area contributed by atoms with E-state index in [1.54, 1.807) is 12.1 Å². The Kier molecular flexibility index (Phi) is 6.37. The zero-order valence-electron chi connectivity index (χ0n) is 15.7. The summed E-state index contributed by atoms with van der Waals surface area (Å²) < 4.78 is 15.9. The molecule has 0 radical (unpaired) electrons. The third-order valence-electron chi connectivity index (χ3n) is 3.84. The van der Waals surface area contributed by atoms with Gasteiger partial charge in [0.15, 0.2) is 6.61 Å². The topological polar surface area (TPSA) is 56.8 Å². The van der Waals surface area contributed by atoms with E-state index in [0.717, 1.165) is 0 Å². The second-order valence-electron chi connectivity index (χ2n) is 6.80. The molecule has 0 saturated heterocycles. The molecule has 2 aromatic carbocycles. The number of rotatable bonds is 6. The monoisotopic (exact) mass is 377 g/mol. The number of ether oxygens (including phenoxy) is 3. The second kappa shape index (κ2) is 8.32. The van der Waals surface area contributed by atoms with E-state index in [2.05, 4.69) is 26.1 Å². The molecule has 26 heavy (non-hydrogen) atoms. The zero-order chi connectivity index (χ0) is 19.3. The number of carbonyl (C=O) groups excluding carboxylic acids is 1. The molecule has 0 heterocycles. The summed E-state index contributed by atoms with van der Waals surface area (Å²) in [4.78, 5) is 12.2. The van der Waals surface area contributed by atoms with E-state index in [1.165, 1.54) is 19.8 Å². The van der Waals surface area contributed by atoms with Crippen LogP contribution in [0.5, 0.6) is 17.2 Å². The van der Waals surface area contributed by atoms with E-state index in [-0.39, 0.29) is 17.9 Å². The summed E-state index contributed by atoms with van der Waals surface area (Å²) in [6.07, 6.45) is 0. The summed E-state index contributed by atoms with van der Waals surface area (Å²) in [6, 6.07) is 10.9. The summed E-state index contributed by atoms with van der Waals surface area (Å²) in [6.45, 7) is 6.30. The highest BCUT2D eigenvalue weighted by Crippen LogP contribution is 2.35. The summed E-state index contributed by atoms with van der Waals surface area (Å²) in [7, 11) is 3.02. The van der Waals surface area contributed by atoms with Crippen LogP contribution < -0.4 is 19.5 Å². The lowest BCUT2D eigenvalue weighted by molar-refractivity contribution is -0.118. The first-order chi connectivity index (χ1) is 12.2. The molecule has 1 amide bonds. The first-order valence-electron chi connectivity index (χ1n) is 8.19. The lowest BCUT2D eigenvalue weighted by Gasteiger charge is -2.19. The lowest BCUT2D eigenvalue weighted by atomic mass is 9.87. The first-order valence-corrected chi connectivity index (χ1v) is 8.57. The number of hydrogen-bond acceptors (Lipinski definition) is 4. The zero-order valence-corrected chi connectivity index (χ0v) is 16.4. The van der Waals surface area contributed by atoms with Crippen molar-refractivity contribution < 1.29 is 19.0 Å². The number of amides is 1. The Bertz CT molecular complexity index is 767. The quantitative estimate of drug-likeness (QED) is 0.794. The largest absolute Gasteiger partial charge is 0.495 e. The van der Waals surface area contributed by atoms with Crippen LogP contribution in [0.25, 0.3) is 0 Å². The molecule has 2 aromatic rings. The fraction of sp³-hybridized carbons (Fsp3) is 0.350. The van der Waals surface area contributed by atoms with Crippen LogP contribution in [-0.2, 0) is 10.2 Å². The summed E-state index contributed by atoms with van der Waals surface area (Å²) >= 11 is 6.10. The molecule has 0 aliphatic carbocycles. The van der Waals surface area contributed by atoms with Gasteiger partial charge in [0.05, 0.1) is 24.9 Å². The van der Waals surface area contributed by atoms with E-state index in [0.29, 0.717) is 28.0 Å². The van der Waals surface area contributed by atoms with E-state index in [9.17, 15) is 4.79 Å². The molecule has 0 saturated carbocycles. The molecule has 5 nitrogen and oxygen atoms in total. The van der Waals surface area contributed by atoms with Crippen molar-refractivity contribution in [2.45, 2.75) is 26.2 Å². The van der Waals surface area contributed by atoms with Gasteiger partial charge < -0.3 is 19.5 Å². The minimum atomic E-state index is -0.315. The lowest BCUT2D eigenvalue weighted by Crippen LogP contribution is -2.20. The Balaban J connectivity index is 2.00. The highest BCUT2D eigenvalue weighted by atomic mass is 35.5. The number of benzene rings is 2.